The fraction of sp³-hybridized carbons (Fsp3) is 0.583. The van der Waals surface area contributed by atoms with E-state index >= 15 is 0 Å². The monoisotopic (exact) mass is 224 g/mol. The van der Waals surface area contributed by atoms with Gasteiger partial charge in [0.25, 0.3) is 0 Å². The molecular formula is C12H20N2O2. The van der Waals surface area contributed by atoms with Gasteiger partial charge in [0.1, 0.15) is 0 Å². The van der Waals surface area contributed by atoms with Crippen LogP contribution in [0.3, 0.4) is 0 Å². The molecule has 0 amide bonds. The molecule has 1 aromatic heterocycles. The largest absolute Gasteiger partial charge is 0.380 e. The second kappa shape index (κ2) is 6.45. The summed E-state index contributed by atoms with van der Waals surface area (Å²) in [6.45, 7) is 4.58. The van der Waals surface area contributed by atoms with Crippen molar-refractivity contribution in [3.05, 3.63) is 24.0 Å². The van der Waals surface area contributed by atoms with Crippen LogP contribution in [0, 0.1) is 0 Å². The quantitative estimate of drug-likeness (QED) is 0.515. The zero-order valence-corrected chi connectivity index (χ0v) is 10.3. The summed E-state index contributed by atoms with van der Waals surface area (Å²) in [6, 6.07) is 3.73. The minimum Gasteiger partial charge on any atom is -0.380 e. The van der Waals surface area contributed by atoms with Crippen molar-refractivity contribution in [3.8, 4) is 0 Å². The summed E-state index contributed by atoms with van der Waals surface area (Å²) in [6.07, 6.45) is 1.88. The highest BCUT2D eigenvalue weighted by atomic mass is 16.5. The highest BCUT2D eigenvalue weighted by Crippen LogP contribution is 2.01. The van der Waals surface area contributed by atoms with Gasteiger partial charge in [0.15, 0.2) is 5.78 Å². The molecule has 0 N–H and O–H groups in total. The number of nitrogens with zero attached hydrogens (tertiary/aromatic N) is 2. The molecule has 0 aliphatic carbocycles. The van der Waals surface area contributed by atoms with Crippen molar-refractivity contribution >= 4 is 5.78 Å². The van der Waals surface area contributed by atoms with Gasteiger partial charge in [-0.25, -0.2) is 0 Å². The van der Waals surface area contributed by atoms with Gasteiger partial charge in [0, 0.05) is 26.4 Å². The van der Waals surface area contributed by atoms with Crippen LogP contribution < -0.4 is 0 Å². The first-order chi connectivity index (χ1) is 7.65. The van der Waals surface area contributed by atoms with Crippen molar-refractivity contribution in [3.63, 3.8) is 0 Å². The molecule has 0 spiro atoms. The predicted molar refractivity (Wildman–Crippen MR) is 63.7 cm³/mol. The number of carbonyl (C=O) groups excluding carboxylic acids is 1. The maximum absolute atomic E-state index is 11.9. The summed E-state index contributed by atoms with van der Waals surface area (Å²) in [5.74, 6) is 0.145. The van der Waals surface area contributed by atoms with Gasteiger partial charge < -0.3 is 9.30 Å². The number of ether oxygens (including phenoxy) is 1. The molecule has 0 aliphatic rings. The van der Waals surface area contributed by atoms with E-state index in [1.54, 1.807) is 0 Å². The zero-order chi connectivity index (χ0) is 12.0. The van der Waals surface area contributed by atoms with Crippen LogP contribution in [0.1, 0.15) is 17.4 Å². The first kappa shape index (κ1) is 12.9. The summed E-state index contributed by atoms with van der Waals surface area (Å²) in [5.41, 5.74) is 0.753. The number of Topliss-reactive ketones (excluding diaryl/α,β-unsaturated/α-hetero) is 1. The van der Waals surface area contributed by atoms with Crippen LogP contribution in [0.5, 0.6) is 0 Å². The van der Waals surface area contributed by atoms with Gasteiger partial charge in [0.05, 0.1) is 18.8 Å². The van der Waals surface area contributed by atoms with Gasteiger partial charge in [-0.2, -0.15) is 0 Å². The minimum absolute atomic E-state index is 0.145. The van der Waals surface area contributed by atoms with Crippen molar-refractivity contribution in [2.24, 2.45) is 7.05 Å². The molecule has 0 unspecified atom stereocenters. The zero-order valence-electron chi connectivity index (χ0n) is 10.3. The van der Waals surface area contributed by atoms with Gasteiger partial charge >= 0.3 is 0 Å². The van der Waals surface area contributed by atoms with Crippen molar-refractivity contribution in [2.75, 3.05) is 33.4 Å². The van der Waals surface area contributed by atoms with Crippen LogP contribution in [0.15, 0.2) is 18.3 Å². The summed E-state index contributed by atoms with van der Waals surface area (Å²) in [4.78, 5) is 13.8. The van der Waals surface area contributed by atoms with E-state index in [9.17, 15) is 4.79 Å². The van der Waals surface area contributed by atoms with Crippen LogP contribution in [-0.2, 0) is 11.8 Å². The van der Waals surface area contributed by atoms with Crippen molar-refractivity contribution in [1.29, 1.82) is 0 Å². The third-order valence-electron chi connectivity index (χ3n) is 2.46. The smallest absolute Gasteiger partial charge is 0.193 e. The minimum atomic E-state index is 0.145. The van der Waals surface area contributed by atoms with Crippen LogP contribution >= 0.6 is 0 Å². The molecule has 90 valence electrons. The Balaban J connectivity index is 2.37. The molecule has 0 bridgehead atoms. The SMILES string of the molecule is CCOCCN(C)CC(=O)c1cccn1C. The Morgan fingerprint density at radius 1 is 1.56 bits per heavy atom. The lowest BCUT2D eigenvalue weighted by atomic mass is 10.2. The van der Waals surface area contributed by atoms with Gasteiger partial charge in [-0.15, -0.1) is 0 Å². The maximum atomic E-state index is 11.9. The van der Waals surface area contributed by atoms with E-state index in [0.29, 0.717) is 13.2 Å². The number of hydrogen-bond acceptors (Lipinski definition) is 3. The predicted octanol–water partition coefficient (Wildman–Crippen LogP) is 1.18. The molecule has 16 heavy (non-hydrogen) atoms. The standard InChI is InChI=1S/C12H20N2O2/c1-4-16-9-8-13(2)10-12(15)11-6-5-7-14(11)3/h5-7H,4,8-10H2,1-3H3. The van der Waals surface area contributed by atoms with E-state index in [0.717, 1.165) is 18.8 Å². The van der Waals surface area contributed by atoms with E-state index in [4.69, 9.17) is 4.74 Å². The topological polar surface area (TPSA) is 34.5 Å². The highest BCUT2D eigenvalue weighted by molar-refractivity contribution is 5.96. The van der Waals surface area contributed by atoms with Gasteiger partial charge in [-0.05, 0) is 26.1 Å². The van der Waals surface area contributed by atoms with Crippen LogP contribution in [0.25, 0.3) is 0 Å². The van der Waals surface area contributed by atoms with Crippen molar-refractivity contribution in [1.82, 2.24) is 9.47 Å². The van der Waals surface area contributed by atoms with Crippen LogP contribution in [-0.4, -0.2) is 48.6 Å². The number of carbonyl (C=O) groups is 1. The highest BCUT2D eigenvalue weighted by Gasteiger charge is 2.11. The molecule has 0 aromatic carbocycles. The number of aromatic nitrogens is 1. The van der Waals surface area contributed by atoms with E-state index in [-0.39, 0.29) is 5.78 Å². The van der Waals surface area contributed by atoms with E-state index in [1.807, 2.05) is 48.8 Å². The fourth-order valence-corrected chi connectivity index (χ4v) is 1.52. The lowest BCUT2D eigenvalue weighted by molar-refractivity contribution is 0.0889. The molecule has 0 atom stereocenters. The normalized spacial score (nSPS) is 11.0. The average molecular weight is 224 g/mol. The Hall–Kier alpha value is -1.13. The lowest BCUT2D eigenvalue weighted by Crippen LogP contribution is -2.30. The molecule has 0 fully saturated rings. The average Bonchev–Trinajstić information content (AvgIpc) is 2.65. The number of hydrogen-bond donors (Lipinski definition) is 0. The van der Waals surface area contributed by atoms with E-state index < -0.39 is 0 Å². The third kappa shape index (κ3) is 3.79. The summed E-state index contributed by atoms with van der Waals surface area (Å²) >= 11 is 0. The van der Waals surface area contributed by atoms with Gasteiger partial charge in [-0.1, -0.05) is 0 Å². The summed E-state index contributed by atoms with van der Waals surface area (Å²) in [5, 5.41) is 0. The molecule has 1 aromatic rings. The first-order valence-corrected chi connectivity index (χ1v) is 5.56. The van der Waals surface area contributed by atoms with Gasteiger partial charge in [0.2, 0.25) is 0 Å². The molecule has 1 heterocycles. The number of likely N-dealkylation sites (N-methyl/N-ethyl adjacent to an activating group) is 1. The molecule has 1 rings (SSSR count). The first-order valence-electron chi connectivity index (χ1n) is 5.56. The van der Waals surface area contributed by atoms with E-state index in [1.165, 1.54) is 0 Å². The van der Waals surface area contributed by atoms with Crippen LogP contribution in [0.4, 0.5) is 0 Å². The van der Waals surface area contributed by atoms with Crippen molar-refractivity contribution in [2.45, 2.75) is 6.92 Å². The third-order valence-corrected chi connectivity index (χ3v) is 2.46. The van der Waals surface area contributed by atoms with E-state index in [2.05, 4.69) is 0 Å². The Morgan fingerprint density at radius 2 is 2.31 bits per heavy atom. The lowest BCUT2D eigenvalue weighted by Gasteiger charge is -2.15. The Morgan fingerprint density at radius 3 is 2.88 bits per heavy atom. The molecule has 0 saturated carbocycles. The number of rotatable bonds is 7. The second-order valence-corrected chi connectivity index (χ2v) is 3.86. The Labute approximate surface area is 96.8 Å². The number of aryl methyl sites for hydroxylation is 1. The van der Waals surface area contributed by atoms with Crippen LogP contribution in [0.2, 0.25) is 0 Å². The molecule has 0 aliphatic heterocycles. The molecular weight excluding hydrogens is 204 g/mol. The molecule has 4 nitrogen and oxygen atoms in total. The maximum Gasteiger partial charge on any atom is 0.193 e. The van der Waals surface area contributed by atoms with Gasteiger partial charge in [-0.3, -0.25) is 9.69 Å². The van der Waals surface area contributed by atoms with Crippen molar-refractivity contribution < 1.29 is 9.53 Å². The second-order valence-electron chi connectivity index (χ2n) is 3.86. The summed E-state index contributed by atoms with van der Waals surface area (Å²) in [7, 11) is 3.81. The molecule has 4 heteroatoms. The molecule has 0 radical (unpaired) electrons. The summed E-state index contributed by atoms with van der Waals surface area (Å²) < 4.78 is 7.09. The number of ketones is 1. The Bertz CT molecular complexity index is 334. The molecule has 0 saturated heterocycles. The Kier molecular flexibility index (Phi) is 5.22. The fourth-order valence-electron chi connectivity index (χ4n) is 1.52.